The number of amides is 1. The van der Waals surface area contributed by atoms with Gasteiger partial charge in [0, 0.05) is 25.3 Å². The van der Waals surface area contributed by atoms with E-state index in [0.29, 0.717) is 24.1 Å². The van der Waals surface area contributed by atoms with Crippen LogP contribution in [0.3, 0.4) is 0 Å². The van der Waals surface area contributed by atoms with Crippen LogP contribution in [-0.2, 0) is 6.42 Å². The molecule has 1 saturated heterocycles. The second-order valence-corrected chi connectivity index (χ2v) is 7.78. The number of hydrogen-bond acceptors (Lipinski definition) is 4. The first-order chi connectivity index (χ1) is 13.7. The lowest BCUT2D eigenvalue weighted by Gasteiger charge is -2.32. The van der Waals surface area contributed by atoms with Gasteiger partial charge < -0.3 is 10.2 Å². The predicted molar refractivity (Wildman–Crippen MR) is 114 cm³/mol. The Bertz CT molecular complexity index is 754. The maximum absolute atomic E-state index is 12.4. The van der Waals surface area contributed by atoms with Gasteiger partial charge in [-0.2, -0.15) is 0 Å². The number of benzene rings is 1. The largest absolute Gasteiger partial charge is 0.351 e. The molecule has 5 nitrogen and oxygen atoms in total. The highest BCUT2D eigenvalue weighted by atomic mass is 16.1. The van der Waals surface area contributed by atoms with E-state index in [-0.39, 0.29) is 5.91 Å². The zero-order valence-corrected chi connectivity index (χ0v) is 17.2. The standard InChI is InChI=1S/C23H32N4O/c1-3-4-8-13-24-22(28)21-16-18(2)25-23(26-21)27-14-11-20(12-15-27)17-19-9-6-5-7-10-19/h5-7,9-10,16,20H,3-4,8,11-15,17H2,1-2H3,(H,24,28). The first-order valence-electron chi connectivity index (χ1n) is 10.6. The lowest BCUT2D eigenvalue weighted by molar-refractivity contribution is 0.0947. The lowest BCUT2D eigenvalue weighted by atomic mass is 9.90. The smallest absolute Gasteiger partial charge is 0.270 e. The van der Waals surface area contributed by atoms with E-state index in [4.69, 9.17) is 0 Å². The summed E-state index contributed by atoms with van der Waals surface area (Å²) in [6, 6.07) is 12.5. The van der Waals surface area contributed by atoms with Gasteiger partial charge in [0.2, 0.25) is 5.95 Å². The number of nitrogens with zero attached hydrogens (tertiary/aromatic N) is 3. The Kier molecular flexibility index (Phi) is 7.40. The van der Waals surface area contributed by atoms with Crippen molar-refractivity contribution in [1.82, 2.24) is 15.3 Å². The lowest BCUT2D eigenvalue weighted by Crippen LogP contribution is -2.36. The molecule has 1 fully saturated rings. The fourth-order valence-electron chi connectivity index (χ4n) is 3.76. The molecule has 1 N–H and O–H groups in total. The predicted octanol–water partition coefficient (Wildman–Crippen LogP) is 4.16. The van der Waals surface area contributed by atoms with Gasteiger partial charge in [-0.25, -0.2) is 9.97 Å². The number of carbonyl (C=O) groups is 1. The van der Waals surface area contributed by atoms with Crippen LogP contribution in [0, 0.1) is 12.8 Å². The minimum absolute atomic E-state index is 0.0955. The van der Waals surface area contributed by atoms with Crippen molar-refractivity contribution >= 4 is 11.9 Å². The van der Waals surface area contributed by atoms with Crippen molar-refractivity contribution in [3.8, 4) is 0 Å². The third-order valence-corrected chi connectivity index (χ3v) is 5.41. The van der Waals surface area contributed by atoms with Gasteiger partial charge in [-0.15, -0.1) is 0 Å². The average Bonchev–Trinajstić information content (AvgIpc) is 2.72. The molecule has 0 saturated carbocycles. The molecule has 1 aliphatic heterocycles. The van der Waals surface area contributed by atoms with Gasteiger partial charge in [-0.3, -0.25) is 4.79 Å². The molecule has 0 bridgehead atoms. The van der Waals surface area contributed by atoms with Crippen molar-refractivity contribution in [3.05, 3.63) is 53.3 Å². The first kappa shape index (κ1) is 20.3. The quantitative estimate of drug-likeness (QED) is 0.699. The van der Waals surface area contributed by atoms with Crippen LogP contribution in [0.2, 0.25) is 0 Å². The third kappa shape index (κ3) is 5.78. The maximum Gasteiger partial charge on any atom is 0.270 e. The van der Waals surface area contributed by atoms with Gasteiger partial charge in [0.05, 0.1) is 0 Å². The van der Waals surface area contributed by atoms with Gasteiger partial charge in [0.1, 0.15) is 5.69 Å². The van der Waals surface area contributed by atoms with Crippen molar-refractivity contribution in [1.29, 1.82) is 0 Å². The summed E-state index contributed by atoms with van der Waals surface area (Å²) >= 11 is 0. The Morgan fingerprint density at radius 2 is 1.89 bits per heavy atom. The third-order valence-electron chi connectivity index (χ3n) is 5.41. The van der Waals surface area contributed by atoms with Gasteiger partial charge >= 0.3 is 0 Å². The van der Waals surface area contributed by atoms with Gasteiger partial charge in [0.15, 0.2) is 0 Å². The molecule has 5 heteroatoms. The molecule has 0 spiro atoms. The molecule has 1 amide bonds. The number of anilines is 1. The Hall–Kier alpha value is -2.43. The van der Waals surface area contributed by atoms with Crippen molar-refractivity contribution < 1.29 is 4.79 Å². The summed E-state index contributed by atoms with van der Waals surface area (Å²) in [5.41, 5.74) is 2.73. The number of rotatable bonds is 8. The van der Waals surface area contributed by atoms with Gasteiger partial charge in [-0.1, -0.05) is 50.1 Å². The fourth-order valence-corrected chi connectivity index (χ4v) is 3.76. The highest BCUT2D eigenvalue weighted by molar-refractivity contribution is 5.92. The molecule has 1 aromatic carbocycles. The van der Waals surface area contributed by atoms with Crippen molar-refractivity contribution in [2.45, 2.75) is 52.4 Å². The van der Waals surface area contributed by atoms with Gasteiger partial charge in [0.25, 0.3) is 5.91 Å². The highest BCUT2D eigenvalue weighted by Crippen LogP contribution is 2.24. The summed E-state index contributed by atoms with van der Waals surface area (Å²) in [5.74, 6) is 1.29. The molecule has 0 atom stereocenters. The van der Waals surface area contributed by atoms with Crippen LogP contribution in [0.15, 0.2) is 36.4 Å². The number of hydrogen-bond donors (Lipinski definition) is 1. The second-order valence-electron chi connectivity index (χ2n) is 7.78. The van der Waals surface area contributed by atoms with E-state index in [1.165, 1.54) is 5.56 Å². The number of nitrogens with one attached hydrogen (secondary N) is 1. The molecule has 0 unspecified atom stereocenters. The number of piperidine rings is 1. The van der Waals surface area contributed by atoms with E-state index < -0.39 is 0 Å². The molecule has 1 aromatic heterocycles. The maximum atomic E-state index is 12.4. The number of aromatic nitrogens is 2. The van der Waals surface area contributed by atoms with E-state index in [1.807, 2.05) is 6.92 Å². The Labute approximate surface area is 168 Å². The van der Waals surface area contributed by atoms with Gasteiger partial charge in [-0.05, 0) is 50.2 Å². The highest BCUT2D eigenvalue weighted by Gasteiger charge is 2.22. The molecule has 150 valence electrons. The molecular weight excluding hydrogens is 348 g/mol. The molecule has 1 aliphatic rings. The van der Waals surface area contributed by atoms with Crippen molar-refractivity contribution in [3.63, 3.8) is 0 Å². The second kappa shape index (κ2) is 10.2. The summed E-state index contributed by atoms with van der Waals surface area (Å²) in [6.45, 7) is 6.68. The number of aryl methyl sites for hydroxylation is 1. The molecule has 3 rings (SSSR count). The molecule has 0 radical (unpaired) electrons. The van der Waals surface area contributed by atoms with E-state index in [0.717, 1.165) is 57.3 Å². The van der Waals surface area contributed by atoms with E-state index in [9.17, 15) is 4.79 Å². The molecule has 0 aliphatic carbocycles. The van der Waals surface area contributed by atoms with E-state index >= 15 is 0 Å². The van der Waals surface area contributed by atoms with Crippen LogP contribution in [0.1, 0.15) is 60.8 Å². The Balaban J connectivity index is 1.57. The minimum Gasteiger partial charge on any atom is -0.351 e. The summed E-state index contributed by atoms with van der Waals surface area (Å²) in [4.78, 5) is 23.8. The summed E-state index contributed by atoms with van der Waals surface area (Å²) in [6.07, 6.45) is 6.68. The minimum atomic E-state index is -0.0955. The fraction of sp³-hybridized carbons (Fsp3) is 0.522. The molecule has 28 heavy (non-hydrogen) atoms. The summed E-state index contributed by atoms with van der Waals surface area (Å²) in [5, 5.41) is 2.98. The van der Waals surface area contributed by atoms with Crippen LogP contribution < -0.4 is 10.2 Å². The number of unbranched alkanes of at least 4 members (excludes halogenated alkanes) is 2. The normalized spacial score (nSPS) is 14.9. The molecular formula is C23H32N4O. The SMILES string of the molecule is CCCCCNC(=O)c1cc(C)nc(N2CCC(Cc3ccccc3)CC2)n1. The molecule has 2 aromatic rings. The Morgan fingerprint density at radius 1 is 1.14 bits per heavy atom. The molecule has 2 heterocycles. The van der Waals surface area contributed by atoms with Crippen LogP contribution in [-0.4, -0.2) is 35.5 Å². The summed E-state index contributed by atoms with van der Waals surface area (Å²) in [7, 11) is 0. The number of carbonyl (C=O) groups excluding carboxylic acids is 1. The average molecular weight is 381 g/mol. The zero-order valence-electron chi connectivity index (χ0n) is 17.2. The van der Waals surface area contributed by atoms with Crippen molar-refractivity contribution in [2.75, 3.05) is 24.5 Å². The first-order valence-corrected chi connectivity index (χ1v) is 10.6. The Morgan fingerprint density at radius 3 is 2.61 bits per heavy atom. The van der Waals surface area contributed by atoms with Crippen LogP contribution in [0.4, 0.5) is 5.95 Å². The monoisotopic (exact) mass is 380 g/mol. The van der Waals surface area contributed by atoms with Crippen LogP contribution in [0.25, 0.3) is 0 Å². The van der Waals surface area contributed by atoms with E-state index in [2.05, 4.69) is 57.4 Å². The van der Waals surface area contributed by atoms with Crippen LogP contribution in [0.5, 0.6) is 0 Å². The van der Waals surface area contributed by atoms with Crippen LogP contribution >= 0.6 is 0 Å². The van der Waals surface area contributed by atoms with Crippen molar-refractivity contribution in [2.24, 2.45) is 5.92 Å². The topological polar surface area (TPSA) is 58.1 Å². The van der Waals surface area contributed by atoms with E-state index in [1.54, 1.807) is 6.07 Å². The summed E-state index contributed by atoms with van der Waals surface area (Å²) < 4.78 is 0. The zero-order chi connectivity index (χ0) is 19.8.